The normalized spacial score (nSPS) is 16.9. The first-order valence-corrected chi connectivity index (χ1v) is 8.67. The highest BCUT2D eigenvalue weighted by molar-refractivity contribution is 5.95. The van der Waals surface area contributed by atoms with Crippen LogP contribution in [0.5, 0.6) is 11.5 Å². The number of ether oxygens (including phenoxy) is 3. The number of benzene rings is 1. The molecule has 1 amide bonds. The number of hydrogen-bond donors (Lipinski definition) is 1. The molecule has 0 aliphatic carbocycles. The average molecular weight is 378 g/mol. The molecule has 0 aromatic heterocycles. The van der Waals surface area contributed by atoms with Gasteiger partial charge in [0, 0.05) is 25.2 Å². The second-order valence-electron chi connectivity index (χ2n) is 6.30. The Bertz CT molecular complexity index is 678. The molecule has 27 heavy (non-hydrogen) atoms. The summed E-state index contributed by atoms with van der Waals surface area (Å²) in [6.07, 6.45) is 1.40. The minimum Gasteiger partial charge on any atom is -0.493 e. The number of carboxylic acid groups (broad SMARTS) is 1. The van der Waals surface area contributed by atoms with Crippen LogP contribution in [0, 0.1) is 0 Å². The van der Waals surface area contributed by atoms with Gasteiger partial charge >= 0.3 is 5.97 Å². The molecule has 1 atom stereocenters. The van der Waals surface area contributed by atoms with E-state index in [4.69, 9.17) is 19.3 Å². The monoisotopic (exact) mass is 378 g/mol. The molecule has 0 bridgehead atoms. The quantitative estimate of drug-likeness (QED) is 0.644. The molecule has 1 N–H and O–H groups in total. The van der Waals surface area contributed by atoms with Gasteiger partial charge in [0.25, 0.3) is 5.91 Å². The molecule has 2 rings (SSSR count). The molecule has 0 spiro atoms. The van der Waals surface area contributed by atoms with Crippen LogP contribution in [0.15, 0.2) is 30.9 Å². The Morgan fingerprint density at radius 2 is 2.22 bits per heavy atom. The third-order valence-corrected chi connectivity index (χ3v) is 4.11. The highest BCUT2D eigenvalue weighted by Crippen LogP contribution is 2.28. The molecule has 1 heterocycles. The fraction of sp³-hybridized carbons (Fsp3) is 0.474. The first-order chi connectivity index (χ1) is 12.9. The SMILES string of the molecule is C=CCOc1ccc(C(=O)N2CCOC(CN(C)CC(=O)O)C2)cc1OC. The van der Waals surface area contributed by atoms with Crippen molar-refractivity contribution in [3.8, 4) is 11.5 Å². The van der Waals surface area contributed by atoms with Crippen molar-refractivity contribution < 1.29 is 28.9 Å². The molecular weight excluding hydrogens is 352 g/mol. The number of morpholine rings is 1. The molecular formula is C19H26N2O6. The lowest BCUT2D eigenvalue weighted by atomic mass is 10.1. The van der Waals surface area contributed by atoms with Crippen molar-refractivity contribution in [2.24, 2.45) is 0 Å². The summed E-state index contributed by atoms with van der Waals surface area (Å²) in [6.45, 7) is 5.61. The molecule has 148 valence electrons. The van der Waals surface area contributed by atoms with Crippen molar-refractivity contribution >= 4 is 11.9 Å². The van der Waals surface area contributed by atoms with Crippen molar-refractivity contribution in [1.82, 2.24) is 9.80 Å². The van der Waals surface area contributed by atoms with Crippen molar-refractivity contribution in [3.63, 3.8) is 0 Å². The molecule has 1 saturated heterocycles. The van der Waals surface area contributed by atoms with E-state index in [0.717, 1.165) is 0 Å². The topological polar surface area (TPSA) is 88.5 Å². The number of carboxylic acids is 1. The highest BCUT2D eigenvalue weighted by Gasteiger charge is 2.26. The Morgan fingerprint density at radius 3 is 2.89 bits per heavy atom. The van der Waals surface area contributed by atoms with Crippen molar-refractivity contribution in [2.45, 2.75) is 6.10 Å². The molecule has 1 aromatic rings. The molecule has 0 saturated carbocycles. The average Bonchev–Trinajstić information content (AvgIpc) is 2.65. The number of carbonyl (C=O) groups is 2. The minimum absolute atomic E-state index is 0.0722. The standard InChI is InChI=1S/C19H26N2O6/c1-4-8-27-16-6-5-14(10-17(16)25-3)19(24)21-7-9-26-15(12-21)11-20(2)13-18(22)23/h4-6,10,15H,1,7-9,11-13H2,2-3H3,(H,22,23). The molecule has 1 aliphatic rings. The van der Waals surface area contributed by atoms with Crippen molar-refractivity contribution in [2.75, 3.05) is 53.6 Å². The summed E-state index contributed by atoms with van der Waals surface area (Å²) >= 11 is 0. The Balaban J connectivity index is 2.03. The number of aliphatic carboxylic acids is 1. The van der Waals surface area contributed by atoms with Crippen molar-refractivity contribution in [3.05, 3.63) is 36.4 Å². The third kappa shape index (κ3) is 5.97. The molecule has 0 radical (unpaired) electrons. The van der Waals surface area contributed by atoms with Gasteiger partial charge in [-0.2, -0.15) is 0 Å². The maximum Gasteiger partial charge on any atom is 0.317 e. The predicted octanol–water partition coefficient (Wildman–Crippen LogP) is 1.12. The van der Waals surface area contributed by atoms with E-state index < -0.39 is 5.97 Å². The fourth-order valence-electron chi connectivity index (χ4n) is 2.91. The number of methoxy groups -OCH3 is 1. The van der Waals surface area contributed by atoms with E-state index in [1.807, 2.05) is 0 Å². The molecule has 1 aliphatic heterocycles. The Morgan fingerprint density at radius 1 is 1.44 bits per heavy atom. The number of nitrogens with zero attached hydrogens (tertiary/aromatic N) is 2. The smallest absolute Gasteiger partial charge is 0.317 e. The van der Waals surface area contributed by atoms with Gasteiger partial charge in [-0.3, -0.25) is 14.5 Å². The lowest BCUT2D eigenvalue weighted by Crippen LogP contribution is -2.49. The second kappa shape index (κ2) is 9.94. The summed E-state index contributed by atoms with van der Waals surface area (Å²) in [6, 6.07) is 5.06. The van der Waals surface area contributed by atoms with Crippen LogP contribution >= 0.6 is 0 Å². The van der Waals surface area contributed by atoms with Gasteiger partial charge in [0.2, 0.25) is 0 Å². The van der Waals surface area contributed by atoms with Crippen LogP contribution in [0.4, 0.5) is 0 Å². The summed E-state index contributed by atoms with van der Waals surface area (Å²) in [5.74, 6) is 0.00246. The molecule has 1 unspecified atom stereocenters. The van der Waals surface area contributed by atoms with E-state index >= 15 is 0 Å². The maximum atomic E-state index is 12.9. The molecule has 8 nitrogen and oxygen atoms in total. The zero-order valence-corrected chi connectivity index (χ0v) is 15.7. The number of rotatable bonds is 9. The van der Waals surface area contributed by atoms with Gasteiger partial charge in [-0.1, -0.05) is 12.7 Å². The Labute approximate surface area is 158 Å². The highest BCUT2D eigenvalue weighted by atomic mass is 16.5. The third-order valence-electron chi connectivity index (χ3n) is 4.11. The van der Waals surface area contributed by atoms with Crippen LogP contribution in [-0.4, -0.2) is 86.4 Å². The van der Waals surface area contributed by atoms with Gasteiger partial charge in [0.15, 0.2) is 11.5 Å². The summed E-state index contributed by atoms with van der Waals surface area (Å²) < 4.78 is 16.5. The van der Waals surface area contributed by atoms with Gasteiger partial charge in [-0.15, -0.1) is 0 Å². The van der Waals surface area contributed by atoms with Gasteiger partial charge in [-0.05, 0) is 25.2 Å². The van der Waals surface area contributed by atoms with Crippen LogP contribution in [0.1, 0.15) is 10.4 Å². The number of amides is 1. The summed E-state index contributed by atoms with van der Waals surface area (Å²) in [4.78, 5) is 27.0. The molecule has 1 aromatic carbocycles. The molecule has 8 heteroatoms. The lowest BCUT2D eigenvalue weighted by molar-refractivity contribution is -0.138. The zero-order valence-electron chi connectivity index (χ0n) is 15.7. The Hall–Kier alpha value is -2.58. The van der Waals surface area contributed by atoms with Gasteiger partial charge in [0.1, 0.15) is 6.61 Å². The van der Waals surface area contributed by atoms with Crippen LogP contribution in [0.25, 0.3) is 0 Å². The summed E-state index contributed by atoms with van der Waals surface area (Å²) in [5, 5.41) is 8.85. The van der Waals surface area contributed by atoms with Gasteiger partial charge in [-0.25, -0.2) is 0 Å². The van der Waals surface area contributed by atoms with Gasteiger partial charge in [0.05, 0.1) is 26.4 Å². The van der Waals surface area contributed by atoms with Crippen LogP contribution in [0.2, 0.25) is 0 Å². The summed E-state index contributed by atoms with van der Waals surface area (Å²) in [5.41, 5.74) is 0.498. The van der Waals surface area contributed by atoms with Crippen LogP contribution in [0.3, 0.4) is 0 Å². The molecule has 1 fully saturated rings. The van der Waals surface area contributed by atoms with Crippen LogP contribution < -0.4 is 9.47 Å². The van der Waals surface area contributed by atoms with E-state index in [1.54, 1.807) is 41.1 Å². The fourth-order valence-corrected chi connectivity index (χ4v) is 2.91. The largest absolute Gasteiger partial charge is 0.493 e. The predicted molar refractivity (Wildman–Crippen MR) is 99.5 cm³/mol. The van der Waals surface area contributed by atoms with Crippen molar-refractivity contribution in [1.29, 1.82) is 0 Å². The van der Waals surface area contributed by atoms with E-state index in [2.05, 4.69) is 6.58 Å². The van der Waals surface area contributed by atoms with E-state index in [1.165, 1.54) is 7.11 Å². The maximum absolute atomic E-state index is 12.9. The zero-order chi connectivity index (χ0) is 19.8. The first-order valence-electron chi connectivity index (χ1n) is 8.67. The first kappa shape index (κ1) is 20.7. The van der Waals surface area contributed by atoms with E-state index in [9.17, 15) is 9.59 Å². The number of carbonyl (C=O) groups excluding carboxylic acids is 1. The lowest BCUT2D eigenvalue weighted by Gasteiger charge is -2.34. The van der Waals surface area contributed by atoms with Crippen LogP contribution in [-0.2, 0) is 9.53 Å². The van der Waals surface area contributed by atoms with Gasteiger partial charge < -0.3 is 24.2 Å². The number of hydrogen-bond acceptors (Lipinski definition) is 6. The second-order valence-corrected chi connectivity index (χ2v) is 6.30. The van der Waals surface area contributed by atoms with E-state index in [0.29, 0.717) is 49.9 Å². The minimum atomic E-state index is -0.896. The van der Waals surface area contributed by atoms with E-state index in [-0.39, 0.29) is 18.6 Å². The Kier molecular flexibility index (Phi) is 7.63. The number of likely N-dealkylation sites (N-methyl/N-ethyl adjacent to an activating group) is 1. The summed E-state index contributed by atoms with van der Waals surface area (Å²) in [7, 11) is 3.23.